The summed E-state index contributed by atoms with van der Waals surface area (Å²) in [6, 6.07) is 7.47. The molecule has 0 aliphatic rings. The van der Waals surface area contributed by atoms with Crippen LogP contribution in [0.3, 0.4) is 0 Å². The molecule has 3 nitrogen and oxygen atoms in total. The van der Waals surface area contributed by atoms with Crippen molar-refractivity contribution in [3.8, 4) is 5.75 Å². The van der Waals surface area contributed by atoms with E-state index in [1.54, 1.807) is 0 Å². The lowest BCUT2D eigenvalue weighted by Crippen LogP contribution is -2.11. The maximum Gasteiger partial charge on any atom is 0.150 e. The Hall–Kier alpha value is -0.300. The van der Waals surface area contributed by atoms with Gasteiger partial charge in [0.2, 0.25) is 0 Å². The molecule has 0 N–H and O–H groups in total. The van der Waals surface area contributed by atoms with Crippen molar-refractivity contribution in [2.75, 3.05) is 18.6 Å². The second-order valence-corrected chi connectivity index (χ2v) is 6.44. The van der Waals surface area contributed by atoms with Gasteiger partial charge in [-0.1, -0.05) is 0 Å². The third-order valence-corrected chi connectivity index (χ3v) is 3.16. The summed E-state index contributed by atoms with van der Waals surface area (Å²) in [6.07, 6.45) is 1.20. The molecule has 0 aliphatic carbocycles. The van der Waals surface area contributed by atoms with Crippen LogP contribution in [0.15, 0.2) is 24.3 Å². The van der Waals surface area contributed by atoms with Gasteiger partial charge in [0.25, 0.3) is 0 Å². The molecule has 0 saturated carbocycles. The summed E-state index contributed by atoms with van der Waals surface area (Å²) in [5, 5.41) is 0. The molecule has 0 atom stereocenters. The molecular formula is C9H11IO3S. The van der Waals surface area contributed by atoms with Crippen LogP contribution in [0.5, 0.6) is 5.75 Å². The van der Waals surface area contributed by atoms with Gasteiger partial charge in [-0.2, -0.15) is 0 Å². The molecule has 5 heteroatoms. The number of hydrogen-bond acceptors (Lipinski definition) is 3. The first kappa shape index (κ1) is 11.8. The van der Waals surface area contributed by atoms with Crippen molar-refractivity contribution in [3.63, 3.8) is 0 Å². The van der Waals surface area contributed by atoms with Crippen LogP contribution in [0.4, 0.5) is 0 Å². The van der Waals surface area contributed by atoms with Gasteiger partial charge in [-0.25, -0.2) is 8.42 Å². The Morgan fingerprint density at radius 1 is 1.29 bits per heavy atom. The van der Waals surface area contributed by atoms with E-state index in [1.807, 2.05) is 24.3 Å². The van der Waals surface area contributed by atoms with E-state index in [0.29, 0.717) is 5.75 Å². The maximum atomic E-state index is 10.8. The fraction of sp³-hybridized carbons (Fsp3) is 0.333. The molecule has 0 fully saturated rings. The van der Waals surface area contributed by atoms with Crippen LogP contribution in [-0.4, -0.2) is 27.0 Å². The highest BCUT2D eigenvalue weighted by atomic mass is 127. The van der Waals surface area contributed by atoms with Crippen LogP contribution in [0.1, 0.15) is 0 Å². The minimum Gasteiger partial charge on any atom is -0.493 e. The van der Waals surface area contributed by atoms with Crippen LogP contribution in [0, 0.1) is 3.57 Å². The van der Waals surface area contributed by atoms with Gasteiger partial charge in [0.15, 0.2) is 9.84 Å². The lowest BCUT2D eigenvalue weighted by atomic mass is 10.3. The predicted molar refractivity (Wildman–Crippen MR) is 64.4 cm³/mol. The third kappa shape index (κ3) is 4.80. The quantitative estimate of drug-likeness (QED) is 0.792. The van der Waals surface area contributed by atoms with E-state index in [4.69, 9.17) is 4.74 Å². The van der Waals surface area contributed by atoms with E-state index in [9.17, 15) is 8.42 Å². The number of rotatable bonds is 4. The van der Waals surface area contributed by atoms with Crippen LogP contribution in [0.25, 0.3) is 0 Å². The lowest BCUT2D eigenvalue weighted by molar-refractivity contribution is 0.341. The summed E-state index contributed by atoms with van der Waals surface area (Å²) in [4.78, 5) is 0. The molecule has 1 aromatic rings. The van der Waals surface area contributed by atoms with E-state index in [2.05, 4.69) is 22.6 Å². The highest BCUT2D eigenvalue weighted by Gasteiger charge is 2.01. The maximum absolute atomic E-state index is 10.8. The normalized spacial score (nSPS) is 11.3. The summed E-state index contributed by atoms with van der Waals surface area (Å²) >= 11 is 2.20. The van der Waals surface area contributed by atoms with Crippen molar-refractivity contribution < 1.29 is 13.2 Å². The van der Waals surface area contributed by atoms with Gasteiger partial charge < -0.3 is 4.74 Å². The molecule has 0 bridgehead atoms. The number of halogens is 1. The van der Waals surface area contributed by atoms with Gasteiger partial charge in [-0.3, -0.25) is 0 Å². The minimum absolute atomic E-state index is 0.0546. The van der Waals surface area contributed by atoms with E-state index in [0.717, 1.165) is 3.57 Å². The second kappa shape index (κ2) is 4.97. The molecule has 1 aromatic carbocycles. The Morgan fingerprint density at radius 2 is 1.86 bits per heavy atom. The minimum atomic E-state index is -2.93. The summed E-state index contributed by atoms with van der Waals surface area (Å²) in [5.74, 6) is 0.757. The highest BCUT2D eigenvalue weighted by molar-refractivity contribution is 14.1. The highest BCUT2D eigenvalue weighted by Crippen LogP contribution is 2.13. The van der Waals surface area contributed by atoms with Crippen LogP contribution >= 0.6 is 22.6 Å². The van der Waals surface area contributed by atoms with Crippen molar-refractivity contribution in [2.24, 2.45) is 0 Å². The van der Waals surface area contributed by atoms with Gasteiger partial charge in [0, 0.05) is 9.83 Å². The van der Waals surface area contributed by atoms with Crippen LogP contribution in [0.2, 0.25) is 0 Å². The summed E-state index contributed by atoms with van der Waals surface area (Å²) in [6.45, 7) is 0.208. The topological polar surface area (TPSA) is 43.4 Å². The number of benzene rings is 1. The van der Waals surface area contributed by atoms with E-state index < -0.39 is 9.84 Å². The molecule has 0 heterocycles. The first-order chi connectivity index (χ1) is 6.47. The molecule has 0 spiro atoms. The Morgan fingerprint density at radius 3 is 2.36 bits per heavy atom. The fourth-order valence-corrected chi connectivity index (χ4v) is 1.59. The molecule has 0 amide bonds. The summed E-state index contributed by atoms with van der Waals surface area (Å²) in [5.41, 5.74) is 0. The average Bonchev–Trinajstić information content (AvgIpc) is 2.06. The first-order valence-electron chi connectivity index (χ1n) is 4.03. The van der Waals surface area contributed by atoms with Gasteiger partial charge in [-0.15, -0.1) is 0 Å². The van der Waals surface area contributed by atoms with E-state index in [-0.39, 0.29) is 12.4 Å². The number of ether oxygens (including phenoxy) is 1. The zero-order valence-electron chi connectivity index (χ0n) is 7.73. The van der Waals surface area contributed by atoms with Crippen molar-refractivity contribution >= 4 is 32.4 Å². The lowest BCUT2D eigenvalue weighted by Gasteiger charge is -2.04. The largest absolute Gasteiger partial charge is 0.493 e. The monoisotopic (exact) mass is 326 g/mol. The fourth-order valence-electron chi connectivity index (χ4n) is 0.842. The third-order valence-electron chi connectivity index (χ3n) is 1.54. The van der Waals surface area contributed by atoms with Gasteiger partial charge in [-0.05, 0) is 46.9 Å². The zero-order valence-corrected chi connectivity index (χ0v) is 10.7. The Balaban J connectivity index is 2.43. The smallest absolute Gasteiger partial charge is 0.150 e. The second-order valence-electron chi connectivity index (χ2n) is 2.93. The SMILES string of the molecule is CS(=O)(=O)CCOc1ccc(I)cc1. The molecule has 0 aliphatic heterocycles. The van der Waals surface area contributed by atoms with E-state index >= 15 is 0 Å². The van der Waals surface area contributed by atoms with Crippen molar-refractivity contribution in [2.45, 2.75) is 0 Å². The molecule has 78 valence electrons. The molecule has 0 aromatic heterocycles. The summed E-state index contributed by atoms with van der Waals surface area (Å²) < 4.78 is 28.0. The molecule has 0 saturated heterocycles. The van der Waals surface area contributed by atoms with Gasteiger partial charge in [0.05, 0.1) is 5.75 Å². The molecule has 0 radical (unpaired) electrons. The zero-order chi connectivity index (χ0) is 10.6. The molecule has 1 rings (SSSR count). The Bertz CT molecular complexity index is 383. The van der Waals surface area contributed by atoms with Crippen molar-refractivity contribution in [1.82, 2.24) is 0 Å². The van der Waals surface area contributed by atoms with Crippen molar-refractivity contribution in [1.29, 1.82) is 0 Å². The van der Waals surface area contributed by atoms with Crippen LogP contribution in [-0.2, 0) is 9.84 Å². The Kier molecular flexibility index (Phi) is 4.18. The number of sulfone groups is 1. The number of hydrogen-bond donors (Lipinski definition) is 0. The van der Waals surface area contributed by atoms with Gasteiger partial charge >= 0.3 is 0 Å². The standard InChI is InChI=1S/C9H11IO3S/c1-14(11,12)7-6-13-9-4-2-8(10)3-5-9/h2-5H,6-7H2,1H3. The first-order valence-corrected chi connectivity index (χ1v) is 7.17. The van der Waals surface area contributed by atoms with E-state index in [1.165, 1.54) is 6.26 Å². The molecule has 14 heavy (non-hydrogen) atoms. The molecular weight excluding hydrogens is 315 g/mol. The predicted octanol–water partition coefficient (Wildman–Crippen LogP) is 1.71. The summed E-state index contributed by atoms with van der Waals surface area (Å²) in [7, 11) is -2.93. The average molecular weight is 326 g/mol. The van der Waals surface area contributed by atoms with Crippen LogP contribution < -0.4 is 4.74 Å². The van der Waals surface area contributed by atoms with Crippen molar-refractivity contribution in [3.05, 3.63) is 27.8 Å². The molecule has 0 unspecified atom stereocenters. The Labute approximate surface area is 97.5 Å². The van der Waals surface area contributed by atoms with Gasteiger partial charge in [0.1, 0.15) is 12.4 Å².